The summed E-state index contributed by atoms with van der Waals surface area (Å²) in [4.78, 5) is 23.4. The molecule has 1 aliphatic heterocycles. The van der Waals surface area contributed by atoms with Crippen molar-refractivity contribution in [3.05, 3.63) is 87.3 Å². The number of nitrogens with zero attached hydrogens (tertiary/aromatic N) is 4. The van der Waals surface area contributed by atoms with Crippen molar-refractivity contribution in [2.24, 2.45) is 5.92 Å². The van der Waals surface area contributed by atoms with Crippen LogP contribution < -0.4 is 4.74 Å². The van der Waals surface area contributed by atoms with Crippen molar-refractivity contribution >= 4 is 29.1 Å². The number of amides is 1. The molecule has 0 aliphatic carbocycles. The highest BCUT2D eigenvalue weighted by molar-refractivity contribution is 6.42. The summed E-state index contributed by atoms with van der Waals surface area (Å²) in [7, 11) is 0. The Bertz CT molecular complexity index is 1190. The van der Waals surface area contributed by atoms with Crippen LogP contribution in [0.5, 0.6) is 5.88 Å². The van der Waals surface area contributed by atoms with Crippen LogP contribution in [0.25, 0.3) is 0 Å². The Labute approximate surface area is 202 Å². The molecule has 1 aliphatic rings. The third-order valence-electron chi connectivity index (χ3n) is 5.83. The molecule has 3 aromatic rings. The molecule has 6 nitrogen and oxygen atoms in total. The lowest BCUT2D eigenvalue weighted by molar-refractivity contribution is 0.0783. The second-order valence-corrected chi connectivity index (χ2v) is 8.95. The van der Waals surface area contributed by atoms with Gasteiger partial charge in [-0.15, -0.1) is 0 Å². The number of carbonyl (C=O) groups is 1. The first-order valence-corrected chi connectivity index (χ1v) is 11.3. The largest absolute Gasteiger partial charge is 0.478 e. The average molecular weight is 481 g/mol. The first-order valence-electron chi connectivity index (χ1n) is 10.6. The monoisotopic (exact) mass is 480 g/mol. The van der Waals surface area contributed by atoms with Crippen LogP contribution in [-0.2, 0) is 0 Å². The number of nitriles is 1. The fraction of sp³-hybridized carbons (Fsp3) is 0.280. The van der Waals surface area contributed by atoms with E-state index in [1.165, 1.54) is 6.20 Å². The summed E-state index contributed by atoms with van der Waals surface area (Å²) in [6, 6.07) is 12.9. The average Bonchev–Trinajstić information content (AvgIpc) is 3.25. The van der Waals surface area contributed by atoms with Gasteiger partial charge in [-0.3, -0.25) is 9.78 Å². The topological polar surface area (TPSA) is 79.1 Å². The number of hydrogen-bond donors (Lipinski definition) is 0. The predicted molar refractivity (Wildman–Crippen MR) is 127 cm³/mol. The molecule has 1 aromatic carbocycles. The number of likely N-dealkylation sites (tertiary alicyclic amines) is 1. The van der Waals surface area contributed by atoms with Crippen LogP contribution in [0.4, 0.5) is 0 Å². The molecule has 3 heterocycles. The molecule has 0 saturated carbocycles. The zero-order chi connectivity index (χ0) is 23.4. The maximum Gasteiger partial charge on any atom is 0.255 e. The number of rotatable bonds is 6. The standard InChI is InChI=1S/C25H22Cl2N4O2/c1-16-8-20(13-29-11-16)25(32)31-14-19(6-7-33-24-5-2-17(10-28)12-30-24)21(15-31)18-3-4-22(26)23(27)9-18/h2-5,8-9,11-13,19,21H,6-7,14-15H2,1H3. The molecule has 0 N–H and O–H groups in total. The maximum absolute atomic E-state index is 13.2. The second kappa shape index (κ2) is 10.2. The maximum atomic E-state index is 13.2. The molecular formula is C25H22Cl2N4O2. The number of carbonyl (C=O) groups excluding carboxylic acids is 1. The molecule has 168 valence electrons. The molecule has 1 fully saturated rings. The van der Waals surface area contributed by atoms with Crippen LogP contribution in [-0.4, -0.2) is 40.5 Å². The van der Waals surface area contributed by atoms with E-state index < -0.39 is 0 Å². The van der Waals surface area contributed by atoms with E-state index in [1.807, 2.05) is 36.1 Å². The lowest BCUT2D eigenvalue weighted by atomic mass is 9.87. The van der Waals surface area contributed by atoms with Crippen LogP contribution in [0.15, 0.2) is 55.0 Å². The molecule has 1 saturated heterocycles. The first kappa shape index (κ1) is 23.0. The van der Waals surface area contributed by atoms with Crippen molar-refractivity contribution in [1.29, 1.82) is 5.26 Å². The first-order chi connectivity index (χ1) is 15.9. The zero-order valence-corrected chi connectivity index (χ0v) is 19.6. The van der Waals surface area contributed by atoms with Gasteiger partial charge in [0.15, 0.2) is 0 Å². The fourth-order valence-electron chi connectivity index (χ4n) is 4.15. The van der Waals surface area contributed by atoms with Gasteiger partial charge in [0.1, 0.15) is 6.07 Å². The van der Waals surface area contributed by atoms with E-state index in [9.17, 15) is 4.79 Å². The fourth-order valence-corrected chi connectivity index (χ4v) is 4.46. The van der Waals surface area contributed by atoms with E-state index in [0.717, 1.165) is 17.5 Å². The Morgan fingerprint density at radius 1 is 1.15 bits per heavy atom. The summed E-state index contributed by atoms with van der Waals surface area (Å²) in [5.41, 5.74) is 3.06. The SMILES string of the molecule is Cc1cncc(C(=O)N2CC(CCOc3ccc(C#N)cn3)C(c3ccc(Cl)c(Cl)c3)C2)c1. The highest BCUT2D eigenvalue weighted by Gasteiger charge is 2.36. The Hall–Kier alpha value is -3.14. The number of halogens is 2. The molecule has 2 aromatic heterocycles. The number of aryl methyl sites for hydroxylation is 1. The van der Waals surface area contributed by atoms with Crippen LogP contribution in [0.3, 0.4) is 0 Å². The van der Waals surface area contributed by atoms with Gasteiger partial charge in [-0.1, -0.05) is 29.3 Å². The van der Waals surface area contributed by atoms with Gasteiger partial charge in [0.05, 0.1) is 27.8 Å². The van der Waals surface area contributed by atoms with Crippen molar-refractivity contribution in [3.8, 4) is 11.9 Å². The Kier molecular flexibility index (Phi) is 7.12. The normalized spacial score (nSPS) is 17.6. The van der Waals surface area contributed by atoms with E-state index in [0.29, 0.717) is 46.7 Å². The molecule has 2 atom stereocenters. The van der Waals surface area contributed by atoms with Crippen molar-refractivity contribution in [2.75, 3.05) is 19.7 Å². The van der Waals surface area contributed by atoms with E-state index >= 15 is 0 Å². The summed E-state index contributed by atoms with van der Waals surface area (Å²) in [5, 5.41) is 9.91. The molecule has 4 rings (SSSR count). The summed E-state index contributed by atoms with van der Waals surface area (Å²) in [6.07, 6.45) is 5.55. The van der Waals surface area contributed by atoms with Gasteiger partial charge in [-0.25, -0.2) is 4.98 Å². The van der Waals surface area contributed by atoms with Crippen molar-refractivity contribution in [3.63, 3.8) is 0 Å². The Morgan fingerprint density at radius 2 is 2.00 bits per heavy atom. The minimum Gasteiger partial charge on any atom is -0.478 e. The zero-order valence-electron chi connectivity index (χ0n) is 18.0. The summed E-state index contributed by atoms with van der Waals surface area (Å²) in [6.45, 7) is 3.53. The molecule has 33 heavy (non-hydrogen) atoms. The third-order valence-corrected chi connectivity index (χ3v) is 6.57. The highest BCUT2D eigenvalue weighted by Crippen LogP contribution is 2.37. The molecule has 1 amide bonds. The minimum atomic E-state index is -0.0339. The number of aromatic nitrogens is 2. The van der Waals surface area contributed by atoms with Gasteiger partial charge in [-0.05, 0) is 54.7 Å². The van der Waals surface area contributed by atoms with Crippen LogP contribution >= 0.6 is 23.2 Å². The number of hydrogen-bond acceptors (Lipinski definition) is 5. The molecule has 0 bridgehead atoms. The number of benzene rings is 1. The van der Waals surface area contributed by atoms with E-state index in [4.69, 9.17) is 33.2 Å². The lowest BCUT2D eigenvalue weighted by Gasteiger charge is -2.19. The smallest absolute Gasteiger partial charge is 0.255 e. The quantitative estimate of drug-likeness (QED) is 0.478. The van der Waals surface area contributed by atoms with Gasteiger partial charge in [-0.2, -0.15) is 5.26 Å². The van der Waals surface area contributed by atoms with Gasteiger partial charge < -0.3 is 9.64 Å². The highest BCUT2D eigenvalue weighted by atomic mass is 35.5. The summed E-state index contributed by atoms with van der Waals surface area (Å²) >= 11 is 12.4. The van der Waals surface area contributed by atoms with E-state index in [-0.39, 0.29) is 17.7 Å². The van der Waals surface area contributed by atoms with Gasteiger partial charge in [0.2, 0.25) is 5.88 Å². The molecule has 8 heteroatoms. The minimum absolute atomic E-state index is 0.0339. The van der Waals surface area contributed by atoms with Gasteiger partial charge >= 0.3 is 0 Å². The Balaban J connectivity index is 1.50. The van der Waals surface area contributed by atoms with Crippen molar-refractivity contribution in [2.45, 2.75) is 19.3 Å². The van der Waals surface area contributed by atoms with Gasteiger partial charge in [0, 0.05) is 43.7 Å². The molecule has 0 radical (unpaired) electrons. The molecular weight excluding hydrogens is 459 g/mol. The third kappa shape index (κ3) is 5.44. The summed E-state index contributed by atoms with van der Waals surface area (Å²) < 4.78 is 5.81. The number of pyridine rings is 2. The van der Waals surface area contributed by atoms with E-state index in [2.05, 4.69) is 9.97 Å². The van der Waals surface area contributed by atoms with Crippen molar-refractivity contribution in [1.82, 2.24) is 14.9 Å². The van der Waals surface area contributed by atoms with Crippen LogP contribution in [0, 0.1) is 24.2 Å². The second-order valence-electron chi connectivity index (χ2n) is 8.14. The van der Waals surface area contributed by atoms with E-state index in [1.54, 1.807) is 30.6 Å². The predicted octanol–water partition coefficient (Wildman–Crippen LogP) is 5.29. The molecule has 2 unspecified atom stereocenters. The Morgan fingerprint density at radius 3 is 2.70 bits per heavy atom. The van der Waals surface area contributed by atoms with Crippen LogP contribution in [0.1, 0.15) is 39.4 Å². The number of ether oxygens (including phenoxy) is 1. The molecule has 0 spiro atoms. The summed E-state index contributed by atoms with van der Waals surface area (Å²) in [5.74, 6) is 0.701. The van der Waals surface area contributed by atoms with Crippen molar-refractivity contribution < 1.29 is 9.53 Å². The van der Waals surface area contributed by atoms with Gasteiger partial charge in [0.25, 0.3) is 5.91 Å². The lowest BCUT2D eigenvalue weighted by Crippen LogP contribution is -2.29. The van der Waals surface area contributed by atoms with Crippen LogP contribution in [0.2, 0.25) is 10.0 Å².